The van der Waals surface area contributed by atoms with E-state index in [-0.39, 0.29) is 35.5 Å². The SMILES string of the molecule is NCC1CCc2nc(C(=O)N[C@H]3CC[C@@H](NC(=O)c4cc(F)cnc4NC4CCSCC4)CC3)cn2C1. The number of amides is 2. The standard InChI is InChI=1S/C26H36FN7O2S/c27-17-11-21(24(29-13-17)30-20-7-9-37-10-8-20)25(35)31-18-2-4-19(5-3-18)32-26(36)22-15-34-14-16(12-28)1-6-23(34)33-22/h11,13,15-16,18-20H,1-10,12,14,28H2,(H,29,30)(H,31,35)(H,32,36)/t16?,18-,19+. The minimum atomic E-state index is -0.527. The molecule has 1 saturated carbocycles. The molecule has 11 heteroatoms. The van der Waals surface area contributed by atoms with Crippen LogP contribution in [-0.4, -0.2) is 62.5 Å². The molecule has 1 atom stereocenters. The minimum absolute atomic E-state index is 0.0315. The van der Waals surface area contributed by atoms with E-state index < -0.39 is 5.82 Å². The summed E-state index contributed by atoms with van der Waals surface area (Å²) in [7, 11) is 0. The molecule has 1 unspecified atom stereocenters. The molecular weight excluding hydrogens is 493 g/mol. The van der Waals surface area contributed by atoms with Crippen molar-refractivity contribution in [1.29, 1.82) is 0 Å². The number of rotatable bonds is 7. The van der Waals surface area contributed by atoms with Crippen molar-refractivity contribution in [3.8, 4) is 0 Å². The lowest BCUT2D eigenvalue weighted by atomic mass is 9.91. The number of aromatic nitrogens is 3. The molecular formula is C26H36FN7O2S. The number of nitrogens with two attached hydrogens (primary N) is 1. The molecule has 4 heterocycles. The van der Waals surface area contributed by atoms with Crippen molar-refractivity contribution >= 4 is 29.4 Å². The maximum Gasteiger partial charge on any atom is 0.271 e. The number of pyridine rings is 1. The highest BCUT2D eigenvalue weighted by Crippen LogP contribution is 2.24. The summed E-state index contributed by atoms with van der Waals surface area (Å²) in [5.74, 6) is 2.97. The van der Waals surface area contributed by atoms with Gasteiger partial charge in [-0.3, -0.25) is 9.59 Å². The third-order valence-corrected chi connectivity index (χ3v) is 8.76. The number of nitrogens with zero attached hydrogens (tertiary/aromatic N) is 3. The van der Waals surface area contributed by atoms with Gasteiger partial charge in [0.25, 0.3) is 11.8 Å². The highest BCUT2D eigenvalue weighted by molar-refractivity contribution is 7.99. The lowest BCUT2D eigenvalue weighted by molar-refractivity contribution is 0.0889. The topological polar surface area (TPSA) is 127 Å². The fraction of sp³-hybridized carbons (Fsp3) is 0.615. The maximum atomic E-state index is 14.0. The van der Waals surface area contributed by atoms with Gasteiger partial charge in [-0.1, -0.05) is 0 Å². The summed E-state index contributed by atoms with van der Waals surface area (Å²) >= 11 is 1.92. The summed E-state index contributed by atoms with van der Waals surface area (Å²) in [6, 6.07) is 1.51. The Labute approximate surface area is 220 Å². The summed E-state index contributed by atoms with van der Waals surface area (Å²) in [6.45, 7) is 1.46. The van der Waals surface area contributed by atoms with E-state index in [4.69, 9.17) is 5.73 Å². The van der Waals surface area contributed by atoms with E-state index in [1.165, 1.54) is 6.07 Å². The van der Waals surface area contributed by atoms with Crippen LogP contribution in [0.5, 0.6) is 0 Å². The molecule has 200 valence electrons. The Morgan fingerprint density at radius 2 is 1.73 bits per heavy atom. The van der Waals surface area contributed by atoms with Gasteiger partial charge in [0.1, 0.15) is 23.2 Å². The van der Waals surface area contributed by atoms with E-state index in [2.05, 4.69) is 30.5 Å². The van der Waals surface area contributed by atoms with Crippen LogP contribution >= 0.6 is 11.8 Å². The first-order valence-corrected chi connectivity index (χ1v) is 14.5. The summed E-state index contributed by atoms with van der Waals surface area (Å²) in [5, 5.41) is 9.52. The molecule has 2 aromatic rings. The van der Waals surface area contributed by atoms with Crippen LogP contribution in [0.3, 0.4) is 0 Å². The lowest BCUT2D eigenvalue weighted by Crippen LogP contribution is -2.44. The smallest absolute Gasteiger partial charge is 0.271 e. The lowest BCUT2D eigenvalue weighted by Gasteiger charge is -2.30. The molecule has 0 bridgehead atoms. The van der Waals surface area contributed by atoms with Crippen LogP contribution in [-0.2, 0) is 13.0 Å². The Balaban J connectivity index is 1.12. The number of fused-ring (bicyclic) bond motifs is 1. The van der Waals surface area contributed by atoms with Crippen LogP contribution in [0.15, 0.2) is 18.5 Å². The van der Waals surface area contributed by atoms with E-state index in [1.54, 1.807) is 0 Å². The Kier molecular flexibility index (Phi) is 8.29. The maximum absolute atomic E-state index is 14.0. The highest BCUT2D eigenvalue weighted by Gasteiger charge is 2.27. The number of hydrogen-bond donors (Lipinski definition) is 4. The van der Waals surface area contributed by atoms with Gasteiger partial charge >= 0.3 is 0 Å². The van der Waals surface area contributed by atoms with Crippen LogP contribution in [0, 0.1) is 11.7 Å². The van der Waals surface area contributed by atoms with Crippen LogP contribution in [0.25, 0.3) is 0 Å². The number of nitrogens with one attached hydrogen (secondary N) is 3. The van der Waals surface area contributed by atoms with Crippen molar-refractivity contribution in [3.63, 3.8) is 0 Å². The predicted molar refractivity (Wildman–Crippen MR) is 142 cm³/mol. The van der Waals surface area contributed by atoms with Crippen LogP contribution in [0.4, 0.5) is 10.2 Å². The van der Waals surface area contributed by atoms with Crippen molar-refractivity contribution in [2.45, 2.75) is 76.0 Å². The Morgan fingerprint density at radius 3 is 2.43 bits per heavy atom. The Hall–Kier alpha value is -2.66. The van der Waals surface area contributed by atoms with Gasteiger partial charge < -0.3 is 26.3 Å². The van der Waals surface area contributed by atoms with Crippen LogP contribution in [0.1, 0.15) is 71.6 Å². The number of carbonyl (C=O) groups is 2. The van der Waals surface area contributed by atoms with Gasteiger partial charge in [-0.25, -0.2) is 14.4 Å². The third-order valence-electron chi connectivity index (χ3n) is 7.71. The molecule has 2 aliphatic heterocycles. The molecule has 0 spiro atoms. The summed E-state index contributed by atoms with van der Waals surface area (Å²) < 4.78 is 16.0. The molecule has 1 aliphatic carbocycles. The first-order valence-electron chi connectivity index (χ1n) is 13.4. The van der Waals surface area contributed by atoms with Gasteiger partial charge in [-0.05, 0) is 75.0 Å². The molecule has 2 aromatic heterocycles. The number of thioether (sulfide) groups is 1. The fourth-order valence-electron chi connectivity index (χ4n) is 5.48. The first kappa shape index (κ1) is 26.0. The molecule has 3 aliphatic rings. The van der Waals surface area contributed by atoms with Crippen molar-refractivity contribution in [2.75, 3.05) is 23.4 Å². The van der Waals surface area contributed by atoms with Crippen molar-refractivity contribution in [3.05, 3.63) is 41.4 Å². The molecule has 5 N–H and O–H groups in total. The van der Waals surface area contributed by atoms with Gasteiger partial charge in [0.15, 0.2) is 0 Å². The second-order valence-electron chi connectivity index (χ2n) is 10.4. The predicted octanol–water partition coefficient (Wildman–Crippen LogP) is 2.72. The van der Waals surface area contributed by atoms with Gasteiger partial charge in [-0.2, -0.15) is 11.8 Å². The molecule has 0 radical (unpaired) electrons. The molecule has 2 amide bonds. The molecule has 1 saturated heterocycles. The highest BCUT2D eigenvalue weighted by atomic mass is 32.2. The average molecular weight is 530 g/mol. The van der Waals surface area contributed by atoms with E-state index in [1.807, 2.05) is 18.0 Å². The number of aryl methyl sites for hydroxylation is 1. The Bertz CT molecular complexity index is 1110. The molecule has 9 nitrogen and oxygen atoms in total. The van der Waals surface area contributed by atoms with Gasteiger partial charge in [0, 0.05) is 37.3 Å². The minimum Gasteiger partial charge on any atom is -0.367 e. The number of imidazole rings is 1. The third kappa shape index (κ3) is 6.43. The van der Waals surface area contributed by atoms with E-state index in [9.17, 15) is 14.0 Å². The van der Waals surface area contributed by atoms with Gasteiger partial charge in [0.05, 0.1) is 11.8 Å². The van der Waals surface area contributed by atoms with E-state index in [0.29, 0.717) is 24.0 Å². The monoisotopic (exact) mass is 529 g/mol. The second kappa shape index (κ2) is 11.8. The quantitative estimate of drug-likeness (QED) is 0.434. The van der Waals surface area contributed by atoms with E-state index >= 15 is 0 Å². The second-order valence-corrected chi connectivity index (χ2v) is 11.6. The van der Waals surface area contributed by atoms with Crippen molar-refractivity contribution in [1.82, 2.24) is 25.2 Å². The van der Waals surface area contributed by atoms with Crippen molar-refractivity contribution < 1.29 is 14.0 Å². The molecule has 5 rings (SSSR count). The zero-order valence-corrected chi connectivity index (χ0v) is 21.9. The fourth-order valence-corrected chi connectivity index (χ4v) is 6.59. The average Bonchev–Trinajstić information content (AvgIpc) is 3.35. The van der Waals surface area contributed by atoms with Gasteiger partial charge in [0.2, 0.25) is 0 Å². The normalized spacial score (nSPS) is 24.2. The summed E-state index contributed by atoms with van der Waals surface area (Å²) in [5.41, 5.74) is 6.52. The largest absolute Gasteiger partial charge is 0.367 e. The van der Waals surface area contributed by atoms with Crippen LogP contribution in [0.2, 0.25) is 0 Å². The van der Waals surface area contributed by atoms with Crippen LogP contribution < -0.4 is 21.7 Å². The zero-order chi connectivity index (χ0) is 25.8. The first-order chi connectivity index (χ1) is 18.0. The molecule has 37 heavy (non-hydrogen) atoms. The number of carbonyl (C=O) groups excluding carboxylic acids is 2. The summed E-state index contributed by atoms with van der Waals surface area (Å²) in [6.07, 6.45) is 9.82. The van der Waals surface area contributed by atoms with Crippen molar-refractivity contribution in [2.24, 2.45) is 11.7 Å². The van der Waals surface area contributed by atoms with Gasteiger partial charge in [-0.15, -0.1) is 0 Å². The Morgan fingerprint density at radius 1 is 1.03 bits per heavy atom. The number of anilines is 1. The number of halogens is 1. The van der Waals surface area contributed by atoms with E-state index in [0.717, 1.165) is 81.4 Å². The molecule has 0 aromatic carbocycles. The molecule has 2 fully saturated rings. The summed E-state index contributed by atoms with van der Waals surface area (Å²) in [4.78, 5) is 34.6. The zero-order valence-electron chi connectivity index (χ0n) is 21.0. The number of hydrogen-bond acceptors (Lipinski definition) is 7.